The Labute approximate surface area is 131 Å². The lowest BCUT2D eigenvalue weighted by molar-refractivity contribution is -0.157. The van der Waals surface area contributed by atoms with Crippen LogP contribution in [0.2, 0.25) is 0 Å². The Bertz CT molecular complexity index is 648. The number of fused-ring (bicyclic) bond motifs is 3. The largest absolute Gasteiger partial charge is 0.481 e. The van der Waals surface area contributed by atoms with Gasteiger partial charge in [0.2, 0.25) is 0 Å². The zero-order chi connectivity index (χ0) is 16.1. The second kappa shape index (κ2) is 4.94. The number of hydrogen-bond acceptors (Lipinski definition) is 2. The average molecular weight is 300 g/mol. The van der Waals surface area contributed by atoms with Crippen LogP contribution < -0.4 is 0 Å². The fourth-order valence-corrected chi connectivity index (χ4v) is 4.97. The van der Waals surface area contributed by atoms with E-state index in [2.05, 4.69) is 13.0 Å². The first-order valence-electron chi connectivity index (χ1n) is 8.17. The van der Waals surface area contributed by atoms with E-state index in [1.165, 1.54) is 11.1 Å². The van der Waals surface area contributed by atoms with Crippen LogP contribution in [0.3, 0.4) is 0 Å². The second-order valence-corrected chi connectivity index (χ2v) is 7.51. The fourth-order valence-electron chi connectivity index (χ4n) is 4.97. The van der Waals surface area contributed by atoms with Gasteiger partial charge in [-0.25, -0.2) is 0 Å². The van der Waals surface area contributed by atoms with Gasteiger partial charge in [0.1, 0.15) is 0 Å². The van der Waals surface area contributed by atoms with E-state index in [-0.39, 0.29) is 17.1 Å². The standard InChI is InChI=1S/C19H24O3/c1-12(20)13-5-7-15-14(11-13)6-8-16-18(15,2)9-4-10-19(16,3)17(21)22/h5,7,11,16H,4,6,8-10H2,1-3H3,(H,21,22)/t16-,18+,19+/m0/s1. The molecule has 3 atom stereocenters. The van der Waals surface area contributed by atoms with Crippen molar-refractivity contribution in [1.82, 2.24) is 0 Å². The van der Waals surface area contributed by atoms with Gasteiger partial charge >= 0.3 is 5.97 Å². The maximum absolute atomic E-state index is 11.9. The van der Waals surface area contributed by atoms with Crippen LogP contribution in [0.1, 0.15) is 67.9 Å². The molecule has 118 valence electrons. The van der Waals surface area contributed by atoms with Gasteiger partial charge < -0.3 is 5.11 Å². The topological polar surface area (TPSA) is 54.4 Å². The highest BCUT2D eigenvalue weighted by Gasteiger charge is 2.55. The van der Waals surface area contributed by atoms with Crippen LogP contribution >= 0.6 is 0 Å². The van der Waals surface area contributed by atoms with Gasteiger partial charge in [-0.1, -0.05) is 25.5 Å². The molecule has 1 N–H and O–H groups in total. The summed E-state index contributed by atoms with van der Waals surface area (Å²) in [6.45, 7) is 5.74. The normalized spacial score (nSPS) is 33.7. The van der Waals surface area contributed by atoms with Crippen molar-refractivity contribution < 1.29 is 14.7 Å². The van der Waals surface area contributed by atoms with E-state index < -0.39 is 11.4 Å². The number of carbonyl (C=O) groups is 2. The van der Waals surface area contributed by atoms with Gasteiger partial charge in [-0.15, -0.1) is 0 Å². The highest BCUT2D eigenvalue weighted by atomic mass is 16.4. The van der Waals surface area contributed by atoms with Gasteiger partial charge in [0.25, 0.3) is 0 Å². The molecule has 3 rings (SSSR count). The quantitative estimate of drug-likeness (QED) is 0.840. The number of rotatable bonds is 2. The van der Waals surface area contributed by atoms with Crippen molar-refractivity contribution in [3.63, 3.8) is 0 Å². The third-order valence-corrected chi connectivity index (χ3v) is 6.25. The molecule has 1 saturated carbocycles. The molecule has 0 spiro atoms. The maximum Gasteiger partial charge on any atom is 0.309 e. The summed E-state index contributed by atoms with van der Waals surface area (Å²) in [5.74, 6) is -0.400. The third-order valence-electron chi connectivity index (χ3n) is 6.25. The highest BCUT2D eigenvalue weighted by molar-refractivity contribution is 5.94. The summed E-state index contributed by atoms with van der Waals surface area (Å²) in [6.07, 6.45) is 4.52. The number of carboxylic acids is 1. The molecule has 1 aromatic rings. The molecule has 3 nitrogen and oxygen atoms in total. The van der Waals surface area contributed by atoms with Crippen molar-refractivity contribution in [1.29, 1.82) is 0 Å². The van der Waals surface area contributed by atoms with Crippen molar-refractivity contribution >= 4 is 11.8 Å². The molecule has 0 amide bonds. The smallest absolute Gasteiger partial charge is 0.309 e. The summed E-state index contributed by atoms with van der Waals surface area (Å²) in [5, 5.41) is 9.77. The van der Waals surface area contributed by atoms with Crippen molar-refractivity contribution in [2.75, 3.05) is 0 Å². The molecule has 0 saturated heterocycles. The summed E-state index contributed by atoms with van der Waals surface area (Å²) in [5.41, 5.74) is 2.54. The summed E-state index contributed by atoms with van der Waals surface area (Å²) in [6, 6.07) is 6.00. The van der Waals surface area contributed by atoms with Crippen LogP contribution in [0, 0.1) is 11.3 Å². The van der Waals surface area contributed by atoms with E-state index >= 15 is 0 Å². The van der Waals surface area contributed by atoms with Gasteiger partial charge in [0, 0.05) is 5.56 Å². The number of carboxylic acid groups (broad SMARTS) is 1. The Morgan fingerprint density at radius 1 is 1.23 bits per heavy atom. The Morgan fingerprint density at radius 2 is 1.95 bits per heavy atom. The number of benzene rings is 1. The zero-order valence-corrected chi connectivity index (χ0v) is 13.6. The van der Waals surface area contributed by atoms with Crippen LogP contribution in [0.4, 0.5) is 0 Å². The molecule has 0 unspecified atom stereocenters. The molecule has 1 fully saturated rings. The van der Waals surface area contributed by atoms with Gasteiger partial charge in [-0.2, -0.15) is 0 Å². The van der Waals surface area contributed by atoms with E-state index in [0.29, 0.717) is 0 Å². The molecule has 0 bridgehead atoms. The molecule has 0 heterocycles. The minimum atomic E-state index is -0.660. The van der Waals surface area contributed by atoms with Crippen LogP contribution in [0.5, 0.6) is 0 Å². The number of carbonyl (C=O) groups excluding carboxylic acids is 1. The Morgan fingerprint density at radius 3 is 2.59 bits per heavy atom. The fraction of sp³-hybridized carbons (Fsp3) is 0.579. The lowest BCUT2D eigenvalue weighted by Crippen LogP contribution is -2.52. The molecule has 1 aromatic carbocycles. The third kappa shape index (κ3) is 2.02. The first-order chi connectivity index (χ1) is 10.3. The van der Waals surface area contributed by atoms with Crippen LogP contribution in [0.25, 0.3) is 0 Å². The summed E-state index contributed by atoms with van der Waals surface area (Å²) < 4.78 is 0. The highest BCUT2D eigenvalue weighted by Crippen LogP contribution is 2.57. The number of aryl methyl sites for hydroxylation is 1. The van der Waals surface area contributed by atoms with E-state index in [9.17, 15) is 14.7 Å². The predicted octanol–water partition coefficient (Wildman–Crippen LogP) is 3.98. The van der Waals surface area contributed by atoms with E-state index in [0.717, 1.165) is 37.7 Å². The minimum absolute atomic E-state index is 0.0890. The zero-order valence-electron chi connectivity index (χ0n) is 13.6. The van der Waals surface area contributed by atoms with Gasteiger partial charge in [-0.3, -0.25) is 9.59 Å². The van der Waals surface area contributed by atoms with E-state index in [4.69, 9.17) is 0 Å². The van der Waals surface area contributed by atoms with Crippen LogP contribution in [-0.4, -0.2) is 16.9 Å². The molecule has 22 heavy (non-hydrogen) atoms. The number of ketones is 1. The SMILES string of the molecule is CC(=O)c1ccc2c(c1)CC[C@@H]1[C@](C)(C(=O)O)CCC[C@]21C. The molecule has 0 radical (unpaired) electrons. The van der Waals surface area contributed by atoms with Crippen molar-refractivity contribution in [2.24, 2.45) is 11.3 Å². The first kappa shape index (κ1) is 15.3. The molecular formula is C19H24O3. The van der Waals surface area contributed by atoms with Crippen molar-refractivity contribution in [3.8, 4) is 0 Å². The maximum atomic E-state index is 11.9. The summed E-state index contributed by atoms with van der Waals surface area (Å²) in [7, 11) is 0. The predicted molar refractivity (Wildman–Crippen MR) is 85.2 cm³/mol. The van der Waals surface area contributed by atoms with Gasteiger partial charge in [0.15, 0.2) is 5.78 Å². The molecular weight excluding hydrogens is 276 g/mol. The molecule has 2 aliphatic rings. The van der Waals surface area contributed by atoms with E-state index in [1.54, 1.807) is 6.92 Å². The molecule has 2 aliphatic carbocycles. The number of aliphatic carboxylic acids is 1. The first-order valence-corrected chi connectivity index (χ1v) is 8.17. The number of Topliss-reactive ketones (excluding diaryl/α,β-unsaturated/α-hetero) is 1. The van der Waals surface area contributed by atoms with E-state index in [1.807, 2.05) is 19.1 Å². The monoisotopic (exact) mass is 300 g/mol. The Hall–Kier alpha value is -1.64. The van der Waals surface area contributed by atoms with Gasteiger partial charge in [-0.05, 0) is 68.1 Å². The molecule has 3 heteroatoms. The van der Waals surface area contributed by atoms with Crippen molar-refractivity contribution in [3.05, 3.63) is 34.9 Å². The van der Waals surface area contributed by atoms with Crippen LogP contribution in [0.15, 0.2) is 18.2 Å². The summed E-state index contributed by atoms with van der Waals surface area (Å²) >= 11 is 0. The lowest BCUT2D eigenvalue weighted by atomic mass is 9.50. The molecule has 0 aromatic heterocycles. The Kier molecular flexibility index (Phi) is 3.42. The van der Waals surface area contributed by atoms with Crippen LogP contribution in [-0.2, 0) is 16.6 Å². The minimum Gasteiger partial charge on any atom is -0.481 e. The lowest BCUT2D eigenvalue weighted by Gasteiger charge is -2.53. The number of hydrogen-bond donors (Lipinski definition) is 1. The average Bonchev–Trinajstić information content (AvgIpc) is 2.46. The molecule has 0 aliphatic heterocycles. The van der Waals surface area contributed by atoms with Crippen molar-refractivity contribution in [2.45, 2.75) is 58.3 Å². The van der Waals surface area contributed by atoms with Gasteiger partial charge in [0.05, 0.1) is 5.41 Å². The second-order valence-electron chi connectivity index (χ2n) is 7.51. The summed E-state index contributed by atoms with van der Waals surface area (Å²) in [4.78, 5) is 23.5. The Balaban J connectivity index is 2.09.